The van der Waals surface area contributed by atoms with Crippen molar-refractivity contribution in [3.8, 4) is 0 Å². The van der Waals surface area contributed by atoms with Crippen LogP contribution in [0.5, 0.6) is 0 Å². The third kappa shape index (κ3) is 3.81. The standard InChI is InChI=1S/C12H21N3O2S/c1-18(16,17)12-5-2-4-11(10-12)13-7-9-15-8-3-6-14-15/h3,6,8,11-13H,2,4-5,7,9-10H2,1H3. The summed E-state index contributed by atoms with van der Waals surface area (Å²) < 4.78 is 25.0. The molecule has 2 rings (SSSR count). The SMILES string of the molecule is CS(=O)(=O)C1CCCC(NCCn2cccn2)C1. The van der Waals surface area contributed by atoms with Crippen LogP contribution in [0.15, 0.2) is 18.5 Å². The lowest BCUT2D eigenvalue weighted by Gasteiger charge is -2.28. The van der Waals surface area contributed by atoms with E-state index < -0.39 is 9.84 Å². The summed E-state index contributed by atoms with van der Waals surface area (Å²) in [6.07, 6.45) is 8.68. The summed E-state index contributed by atoms with van der Waals surface area (Å²) in [5.41, 5.74) is 0. The predicted molar refractivity (Wildman–Crippen MR) is 71.1 cm³/mol. The average Bonchev–Trinajstić information content (AvgIpc) is 2.81. The summed E-state index contributed by atoms with van der Waals surface area (Å²) in [6.45, 7) is 1.66. The number of nitrogens with one attached hydrogen (secondary N) is 1. The number of hydrogen-bond donors (Lipinski definition) is 1. The minimum absolute atomic E-state index is 0.159. The average molecular weight is 271 g/mol. The molecule has 1 N–H and O–H groups in total. The summed E-state index contributed by atoms with van der Waals surface area (Å²) in [4.78, 5) is 0. The highest BCUT2D eigenvalue weighted by Crippen LogP contribution is 2.23. The third-order valence-electron chi connectivity index (χ3n) is 3.56. The Hall–Kier alpha value is -0.880. The van der Waals surface area contributed by atoms with Crippen molar-refractivity contribution in [2.75, 3.05) is 12.8 Å². The Morgan fingerprint density at radius 2 is 2.28 bits per heavy atom. The predicted octanol–water partition coefficient (Wildman–Crippen LogP) is 0.828. The summed E-state index contributed by atoms with van der Waals surface area (Å²) in [5.74, 6) is 0. The van der Waals surface area contributed by atoms with Gasteiger partial charge in [-0.2, -0.15) is 5.10 Å². The van der Waals surface area contributed by atoms with Crippen LogP contribution < -0.4 is 5.32 Å². The summed E-state index contributed by atoms with van der Waals surface area (Å²) in [5, 5.41) is 7.41. The van der Waals surface area contributed by atoms with Gasteiger partial charge in [0.15, 0.2) is 0 Å². The van der Waals surface area contributed by atoms with Crippen molar-refractivity contribution in [1.82, 2.24) is 15.1 Å². The van der Waals surface area contributed by atoms with Crippen LogP contribution in [0.4, 0.5) is 0 Å². The molecule has 1 aliphatic rings. The lowest BCUT2D eigenvalue weighted by atomic mass is 9.95. The molecule has 1 heterocycles. The third-order valence-corrected chi connectivity index (χ3v) is 5.20. The van der Waals surface area contributed by atoms with E-state index in [1.807, 2.05) is 16.9 Å². The van der Waals surface area contributed by atoms with Gasteiger partial charge in [-0.25, -0.2) is 8.42 Å². The van der Waals surface area contributed by atoms with Crippen molar-refractivity contribution < 1.29 is 8.42 Å². The molecule has 1 fully saturated rings. The fraction of sp³-hybridized carbons (Fsp3) is 0.750. The van der Waals surface area contributed by atoms with E-state index in [9.17, 15) is 8.42 Å². The fourth-order valence-electron chi connectivity index (χ4n) is 2.54. The molecule has 102 valence electrons. The van der Waals surface area contributed by atoms with Gasteiger partial charge in [-0.15, -0.1) is 0 Å². The number of hydrogen-bond acceptors (Lipinski definition) is 4. The van der Waals surface area contributed by atoms with Crippen LogP contribution >= 0.6 is 0 Å². The van der Waals surface area contributed by atoms with Crippen molar-refractivity contribution in [2.24, 2.45) is 0 Å². The molecular formula is C12H21N3O2S. The van der Waals surface area contributed by atoms with Gasteiger partial charge in [-0.05, 0) is 25.3 Å². The highest BCUT2D eigenvalue weighted by Gasteiger charge is 2.28. The Morgan fingerprint density at radius 3 is 2.94 bits per heavy atom. The van der Waals surface area contributed by atoms with Crippen molar-refractivity contribution >= 4 is 9.84 Å². The van der Waals surface area contributed by atoms with Crippen molar-refractivity contribution in [1.29, 1.82) is 0 Å². The largest absolute Gasteiger partial charge is 0.312 e. The molecule has 1 saturated carbocycles. The minimum atomic E-state index is -2.88. The molecule has 0 bridgehead atoms. The van der Waals surface area contributed by atoms with Crippen molar-refractivity contribution in [2.45, 2.75) is 43.5 Å². The number of nitrogens with zero attached hydrogens (tertiary/aromatic N) is 2. The molecule has 2 atom stereocenters. The van der Waals surface area contributed by atoms with Crippen LogP contribution in [-0.2, 0) is 16.4 Å². The van der Waals surface area contributed by atoms with Crippen LogP contribution in [0, 0.1) is 0 Å². The highest BCUT2D eigenvalue weighted by atomic mass is 32.2. The van der Waals surface area contributed by atoms with Crippen LogP contribution in [0.2, 0.25) is 0 Å². The van der Waals surface area contributed by atoms with E-state index in [0.717, 1.165) is 38.8 Å². The minimum Gasteiger partial charge on any atom is -0.312 e. The summed E-state index contributed by atoms with van der Waals surface area (Å²) in [7, 11) is -2.88. The fourth-order valence-corrected chi connectivity index (χ4v) is 3.71. The summed E-state index contributed by atoms with van der Waals surface area (Å²) >= 11 is 0. The molecule has 1 aliphatic carbocycles. The number of sulfone groups is 1. The molecule has 0 aromatic carbocycles. The zero-order valence-electron chi connectivity index (χ0n) is 10.7. The lowest BCUT2D eigenvalue weighted by Crippen LogP contribution is -2.40. The molecule has 0 spiro atoms. The van der Waals surface area contributed by atoms with E-state index in [2.05, 4.69) is 10.4 Å². The van der Waals surface area contributed by atoms with E-state index in [-0.39, 0.29) is 5.25 Å². The first kappa shape index (κ1) is 13.5. The Kier molecular flexibility index (Phi) is 4.40. The van der Waals surface area contributed by atoms with Crippen LogP contribution in [0.1, 0.15) is 25.7 Å². The molecule has 0 radical (unpaired) electrons. The quantitative estimate of drug-likeness (QED) is 0.861. The molecule has 1 aromatic rings. The first-order chi connectivity index (χ1) is 8.55. The molecule has 18 heavy (non-hydrogen) atoms. The second kappa shape index (κ2) is 5.84. The van der Waals surface area contributed by atoms with Gasteiger partial charge >= 0.3 is 0 Å². The molecule has 6 heteroatoms. The van der Waals surface area contributed by atoms with Gasteiger partial charge in [0.05, 0.1) is 11.8 Å². The maximum absolute atomic E-state index is 11.6. The van der Waals surface area contributed by atoms with Gasteiger partial charge in [0.2, 0.25) is 0 Å². The Bertz CT molecular complexity index is 456. The first-order valence-corrected chi connectivity index (χ1v) is 8.41. The van der Waals surface area contributed by atoms with E-state index in [1.54, 1.807) is 6.20 Å². The second-order valence-electron chi connectivity index (χ2n) is 5.04. The Morgan fingerprint density at radius 1 is 1.44 bits per heavy atom. The van der Waals surface area contributed by atoms with Gasteiger partial charge in [-0.1, -0.05) is 6.42 Å². The molecule has 0 saturated heterocycles. The smallest absolute Gasteiger partial charge is 0.150 e. The molecule has 1 aromatic heterocycles. The van der Waals surface area contributed by atoms with E-state index in [4.69, 9.17) is 0 Å². The van der Waals surface area contributed by atoms with Crippen molar-refractivity contribution in [3.05, 3.63) is 18.5 Å². The highest BCUT2D eigenvalue weighted by molar-refractivity contribution is 7.91. The van der Waals surface area contributed by atoms with Gasteiger partial charge in [0.1, 0.15) is 9.84 Å². The molecular weight excluding hydrogens is 250 g/mol. The Balaban J connectivity index is 1.76. The zero-order valence-corrected chi connectivity index (χ0v) is 11.6. The number of aromatic nitrogens is 2. The van der Waals surface area contributed by atoms with Crippen LogP contribution in [-0.4, -0.2) is 42.3 Å². The summed E-state index contributed by atoms with van der Waals surface area (Å²) in [6, 6.07) is 2.23. The molecule has 2 unspecified atom stereocenters. The van der Waals surface area contributed by atoms with Gasteiger partial charge in [-0.3, -0.25) is 4.68 Å². The van der Waals surface area contributed by atoms with Gasteiger partial charge < -0.3 is 5.32 Å². The first-order valence-electron chi connectivity index (χ1n) is 6.45. The zero-order chi connectivity index (χ0) is 13.0. The monoisotopic (exact) mass is 271 g/mol. The van der Waals surface area contributed by atoms with E-state index >= 15 is 0 Å². The van der Waals surface area contributed by atoms with Gasteiger partial charge in [0.25, 0.3) is 0 Å². The van der Waals surface area contributed by atoms with Crippen LogP contribution in [0.3, 0.4) is 0 Å². The van der Waals surface area contributed by atoms with Crippen molar-refractivity contribution in [3.63, 3.8) is 0 Å². The molecule has 5 nitrogen and oxygen atoms in total. The maximum Gasteiger partial charge on any atom is 0.150 e. The topological polar surface area (TPSA) is 64.0 Å². The molecule has 0 amide bonds. The van der Waals surface area contributed by atoms with E-state index in [0.29, 0.717) is 6.04 Å². The number of rotatable bonds is 5. The normalized spacial score (nSPS) is 25.2. The Labute approximate surface area is 108 Å². The molecule has 0 aliphatic heterocycles. The maximum atomic E-state index is 11.6. The lowest BCUT2D eigenvalue weighted by molar-refractivity contribution is 0.364. The van der Waals surface area contributed by atoms with Crippen LogP contribution in [0.25, 0.3) is 0 Å². The van der Waals surface area contributed by atoms with Gasteiger partial charge in [0, 0.05) is 31.2 Å². The second-order valence-corrected chi connectivity index (χ2v) is 7.36. The van der Waals surface area contributed by atoms with E-state index in [1.165, 1.54) is 6.26 Å².